The van der Waals surface area contributed by atoms with Crippen molar-refractivity contribution < 1.29 is 14.3 Å². The summed E-state index contributed by atoms with van der Waals surface area (Å²) in [4.78, 5) is 17.0. The fourth-order valence-corrected chi connectivity index (χ4v) is 3.34. The summed E-state index contributed by atoms with van der Waals surface area (Å²) in [5, 5.41) is 12.7. The Balaban J connectivity index is 1.63. The van der Waals surface area contributed by atoms with E-state index in [4.69, 9.17) is 28.9 Å². The lowest BCUT2D eigenvalue weighted by atomic mass is 9.99. The lowest BCUT2D eigenvalue weighted by Gasteiger charge is -2.36. The van der Waals surface area contributed by atoms with Crippen LogP contribution in [0.25, 0.3) is 11.1 Å². The number of nitrogens with two attached hydrogens (primary N) is 1. The van der Waals surface area contributed by atoms with Gasteiger partial charge in [-0.15, -0.1) is 0 Å². The highest BCUT2D eigenvalue weighted by Crippen LogP contribution is 2.24. The van der Waals surface area contributed by atoms with E-state index in [2.05, 4.69) is 15.2 Å². The first-order chi connectivity index (χ1) is 13.9. The number of carbonyl (C=O) groups excluding carboxylic acids is 1. The van der Waals surface area contributed by atoms with Gasteiger partial charge < -0.3 is 16.2 Å². The highest BCUT2D eigenvalue weighted by molar-refractivity contribution is 6.53. The van der Waals surface area contributed by atoms with Gasteiger partial charge in [-0.05, 0) is 17.2 Å². The second-order valence-corrected chi connectivity index (χ2v) is 8.23. The number of hydrogen-bond donors (Lipinski definition) is 3. The molecule has 1 aliphatic rings. The average molecular weight is 441 g/mol. The number of aliphatic hydroxyl groups excluding tert-OH is 1. The number of alkyl halides is 3. The molecule has 1 aliphatic heterocycles. The summed E-state index contributed by atoms with van der Waals surface area (Å²) in [6.07, 6.45) is 0.570. The third-order valence-corrected chi connectivity index (χ3v) is 5.25. The van der Waals surface area contributed by atoms with Crippen molar-refractivity contribution >= 4 is 29.1 Å². The summed E-state index contributed by atoms with van der Waals surface area (Å²) >= 11 is 10.9. The van der Waals surface area contributed by atoms with E-state index >= 15 is 0 Å². The maximum Gasteiger partial charge on any atom is 0.253 e. The number of amides is 1. The van der Waals surface area contributed by atoms with E-state index in [1.54, 1.807) is 18.3 Å². The van der Waals surface area contributed by atoms with Gasteiger partial charge in [0.05, 0.1) is 11.7 Å². The Labute approximate surface area is 178 Å². The first-order valence-electron chi connectivity index (χ1n) is 9.23. The lowest BCUT2D eigenvalue weighted by Crippen LogP contribution is -2.54. The molecule has 0 unspecified atom stereocenters. The molecule has 1 saturated heterocycles. The molecule has 0 spiro atoms. The number of likely N-dealkylation sites (tertiary alicyclic amines) is 1. The molecule has 0 saturated carbocycles. The second-order valence-electron chi connectivity index (χ2n) is 7.13. The van der Waals surface area contributed by atoms with Crippen LogP contribution >= 0.6 is 23.2 Å². The van der Waals surface area contributed by atoms with Crippen LogP contribution in [0, 0.1) is 0 Å². The van der Waals surface area contributed by atoms with Gasteiger partial charge in [0.2, 0.25) is 0 Å². The van der Waals surface area contributed by atoms with Crippen molar-refractivity contribution in [3.8, 4) is 11.1 Å². The number of nitrogens with one attached hydrogen (secondary N) is 1. The molecule has 0 aliphatic carbocycles. The second kappa shape index (κ2) is 9.82. The maximum atomic E-state index is 13.3. The SMILES string of the molecule is NC1CN(Cc2ccc(-c3ccc([C@H](O)[C@@H](CF)NC(=O)C(Cl)Cl)cc3)cn2)C1. The largest absolute Gasteiger partial charge is 0.386 e. The first-order valence-corrected chi connectivity index (χ1v) is 10.1. The van der Waals surface area contributed by atoms with E-state index in [9.17, 15) is 14.3 Å². The van der Waals surface area contributed by atoms with Gasteiger partial charge in [-0.2, -0.15) is 0 Å². The zero-order chi connectivity index (χ0) is 21.0. The fraction of sp³-hybridized carbons (Fsp3) is 0.400. The molecule has 2 heterocycles. The minimum Gasteiger partial charge on any atom is -0.386 e. The first kappa shape index (κ1) is 21.9. The van der Waals surface area contributed by atoms with Gasteiger partial charge in [0.1, 0.15) is 12.8 Å². The maximum absolute atomic E-state index is 13.3. The minimum atomic E-state index is -1.33. The van der Waals surface area contributed by atoms with Gasteiger partial charge in [0.25, 0.3) is 5.91 Å². The number of benzene rings is 1. The van der Waals surface area contributed by atoms with E-state index in [-0.39, 0.29) is 6.04 Å². The van der Waals surface area contributed by atoms with Crippen molar-refractivity contribution in [3.05, 3.63) is 53.9 Å². The summed E-state index contributed by atoms with van der Waals surface area (Å²) in [6.45, 7) is 1.61. The lowest BCUT2D eigenvalue weighted by molar-refractivity contribution is -0.121. The van der Waals surface area contributed by atoms with Crippen LogP contribution in [0.15, 0.2) is 42.6 Å². The number of aliphatic hydroxyl groups is 1. The van der Waals surface area contributed by atoms with Gasteiger partial charge in [0.15, 0.2) is 4.84 Å². The number of nitrogens with zero attached hydrogens (tertiary/aromatic N) is 2. The Morgan fingerprint density at radius 2 is 1.90 bits per heavy atom. The zero-order valence-corrected chi connectivity index (χ0v) is 17.2. The van der Waals surface area contributed by atoms with Gasteiger partial charge in [-0.25, -0.2) is 4.39 Å². The molecule has 6 nitrogen and oxygen atoms in total. The van der Waals surface area contributed by atoms with Crippen LogP contribution in [-0.2, 0) is 11.3 Å². The van der Waals surface area contributed by atoms with Crippen molar-refractivity contribution in [1.82, 2.24) is 15.2 Å². The average Bonchev–Trinajstić information content (AvgIpc) is 2.70. The van der Waals surface area contributed by atoms with Crippen molar-refractivity contribution in [2.24, 2.45) is 5.73 Å². The molecule has 1 aromatic carbocycles. The summed E-state index contributed by atoms with van der Waals surface area (Å²) in [6, 6.07) is 10.1. The quantitative estimate of drug-likeness (QED) is 0.547. The molecule has 1 amide bonds. The molecule has 29 heavy (non-hydrogen) atoms. The molecule has 0 radical (unpaired) electrons. The normalized spacial score (nSPS) is 17.0. The minimum absolute atomic E-state index is 0.264. The molecule has 1 aromatic heterocycles. The third-order valence-electron chi connectivity index (χ3n) is 4.85. The molecule has 4 N–H and O–H groups in total. The van der Waals surface area contributed by atoms with Gasteiger partial charge in [-0.1, -0.05) is 53.5 Å². The van der Waals surface area contributed by atoms with Crippen LogP contribution < -0.4 is 11.1 Å². The number of aromatic nitrogens is 1. The number of pyridine rings is 1. The third kappa shape index (κ3) is 5.65. The van der Waals surface area contributed by atoms with Crippen molar-refractivity contribution in [2.45, 2.75) is 29.6 Å². The van der Waals surface area contributed by atoms with Crippen LogP contribution in [0.5, 0.6) is 0 Å². The van der Waals surface area contributed by atoms with Crippen molar-refractivity contribution in [3.63, 3.8) is 0 Å². The molecule has 156 valence electrons. The fourth-order valence-electron chi connectivity index (χ4n) is 3.21. The number of hydrogen-bond acceptors (Lipinski definition) is 5. The summed E-state index contributed by atoms with van der Waals surface area (Å²) in [5.74, 6) is -0.752. The van der Waals surface area contributed by atoms with Crippen LogP contribution in [0.2, 0.25) is 0 Å². The van der Waals surface area contributed by atoms with Crippen molar-refractivity contribution in [2.75, 3.05) is 19.8 Å². The van der Waals surface area contributed by atoms with Gasteiger partial charge >= 0.3 is 0 Å². The Morgan fingerprint density at radius 1 is 1.24 bits per heavy atom. The highest BCUT2D eigenvalue weighted by Gasteiger charge is 2.25. The molecule has 9 heteroatoms. The van der Waals surface area contributed by atoms with Gasteiger partial charge in [0, 0.05) is 37.4 Å². The van der Waals surface area contributed by atoms with Crippen LogP contribution in [-0.4, -0.2) is 57.6 Å². The smallest absolute Gasteiger partial charge is 0.253 e. The molecule has 3 rings (SSSR count). The topological polar surface area (TPSA) is 91.5 Å². The summed E-state index contributed by atoms with van der Waals surface area (Å²) in [5.41, 5.74) is 9.07. The number of rotatable bonds is 8. The predicted octanol–water partition coefficient (Wildman–Crippen LogP) is 2.18. The Kier molecular flexibility index (Phi) is 7.43. The van der Waals surface area contributed by atoms with Crippen LogP contribution in [0.3, 0.4) is 0 Å². The van der Waals surface area contributed by atoms with E-state index < -0.39 is 29.6 Å². The Hall–Kier alpha value is -1.77. The van der Waals surface area contributed by atoms with Crippen LogP contribution in [0.1, 0.15) is 17.4 Å². The van der Waals surface area contributed by atoms with E-state index in [0.29, 0.717) is 5.56 Å². The van der Waals surface area contributed by atoms with Crippen LogP contribution in [0.4, 0.5) is 4.39 Å². The molecule has 1 fully saturated rings. The monoisotopic (exact) mass is 440 g/mol. The van der Waals surface area contributed by atoms with E-state index in [0.717, 1.165) is 36.5 Å². The molecule has 2 atom stereocenters. The highest BCUT2D eigenvalue weighted by atomic mass is 35.5. The Morgan fingerprint density at radius 3 is 2.41 bits per heavy atom. The van der Waals surface area contributed by atoms with Gasteiger partial charge in [-0.3, -0.25) is 14.7 Å². The zero-order valence-electron chi connectivity index (χ0n) is 15.6. The number of halogens is 3. The summed E-state index contributed by atoms with van der Waals surface area (Å²) < 4.78 is 13.3. The van der Waals surface area contributed by atoms with E-state index in [1.165, 1.54) is 0 Å². The van der Waals surface area contributed by atoms with Crippen molar-refractivity contribution in [1.29, 1.82) is 0 Å². The summed E-state index contributed by atoms with van der Waals surface area (Å²) in [7, 11) is 0. The van der Waals surface area contributed by atoms with E-state index in [1.807, 2.05) is 24.3 Å². The molecule has 2 aromatic rings. The molecular weight excluding hydrogens is 418 g/mol. The standard InChI is InChI=1S/C20H23Cl2FN4O2/c21-19(22)20(29)26-17(7-23)18(28)13-3-1-12(2-4-13)14-5-6-16(25-8-14)11-27-9-15(24)10-27/h1-6,8,15,17-19,28H,7,9-11,24H2,(H,26,29)/t17-,18+/m1/s1. The predicted molar refractivity (Wildman–Crippen MR) is 111 cm³/mol. The molecule has 0 bridgehead atoms. The number of carbonyl (C=O) groups is 1. The molecular formula is C20H23Cl2FN4O2. The Bertz CT molecular complexity index is 814.